The molecule has 2 heterocycles. The number of rotatable bonds is 6. The van der Waals surface area contributed by atoms with Crippen molar-refractivity contribution in [1.29, 1.82) is 0 Å². The minimum atomic E-state index is -0.488. The van der Waals surface area contributed by atoms with Gasteiger partial charge in [0.1, 0.15) is 10.6 Å². The molecule has 5 aromatic rings. The molecule has 0 aliphatic rings. The van der Waals surface area contributed by atoms with Crippen molar-refractivity contribution in [2.24, 2.45) is 0 Å². The van der Waals surface area contributed by atoms with Gasteiger partial charge < -0.3 is 10.1 Å². The Kier molecular flexibility index (Phi) is 7.55. The van der Waals surface area contributed by atoms with Crippen LogP contribution in [0, 0.1) is 20.8 Å². The summed E-state index contributed by atoms with van der Waals surface area (Å²) in [6, 6.07) is 23.8. The second kappa shape index (κ2) is 11.1. The van der Waals surface area contributed by atoms with Gasteiger partial charge in [0, 0.05) is 21.4 Å². The number of benzene rings is 3. The molecule has 5 rings (SSSR count). The van der Waals surface area contributed by atoms with Crippen molar-refractivity contribution < 1.29 is 14.3 Å². The number of nitrogens with one attached hydrogen (secondary N) is 1. The Morgan fingerprint density at radius 1 is 0.875 bits per heavy atom. The number of pyridine rings is 1. The van der Waals surface area contributed by atoms with E-state index in [1.165, 1.54) is 29.6 Å². The standard InChI is InChI=1S/C34H32N2O3S/c1-19(2)23-13-15-24(16-14-23)30-22(5)40-33(31(30)34(38)39-6)36-32(37)27-18-29(25-12-11-20(3)21(4)17-25)35-28-10-8-7-9-26(27)28/h7-19H,1-6H3,(H,36,37). The van der Waals surface area contributed by atoms with Crippen LogP contribution in [0.1, 0.15) is 62.0 Å². The molecule has 0 saturated carbocycles. The molecular weight excluding hydrogens is 516 g/mol. The summed E-state index contributed by atoms with van der Waals surface area (Å²) in [5.74, 6) is -0.397. The number of aromatic nitrogens is 1. The zero-order chi connectivity index (χ0) is 28.6. The summed E-state index contributed by atoms with van der Waals surface area (Å²) < 4.78 is 5.18. The van der Waals surface area contributed by atoms with Gasteiger partial charge in [0.2, 0.25) is 0 Å². The van der Waals surface area contributed by atoms with E-state index in [2.05, 4.69) is 57.3 Å². The number of ether oxygens (including phenoxy) is 1. The Morgan fingerprint density at radius 2 is 1.57 bits per heavy atom. The van der Waals surface area contributed by atoms with Gasteiger partial charge >= 0.3 is 5.97 Å². The van der Waals surface area contributed by atoms with E-state index in [4.69, 9.17) is 9.72 Å². The number of aryl methyl sites for hydroxylation is 3. The van der Waals surface area contributed by atoms with Crippen LogP contribution in [0.15, 0.2) is 72.8 Å². The Hall–Kier alpha value is -4.29. The predicted molar refractivity (Wildman–Crippen MR) is 165 cm³/mol. The first-order valence-corrected chi connectivity index (χ1v) is 14.1. The third kappa shape index (κ3) is 5.15. The first-order valence-electron chi connectivity index (χ1n) is 13.3. The molecule has 0 atom stereocenters. The molecule has 1 N–H and O–H groups in total. The van der Waals surface area contributed by atoms with Crippen molar-refractivity contribution in [3.05, 3.63) is 105 Å². The summed E-state index contributed by atoms with van der Waals surface area (Å²) in [5, 5.41) is 4.25. The number of methoxy groups -OCH3 is 1. The summed E-state index contributed by atoms with van der Waals surface area (Å²) >= 11 is 1.37. The number of thiophene rings is 1. The summed E-state index contributed by atoms with van der Waals surface area (Å²) in [7, 11) is 1.36. The Bertz CT molecular complexity index is 1750. The number of nitrogens with zero attached hydrogens (tertiary/aromatic N) is 1. The van der Waals surface area contributed by atoms with Crippen LogP contribution < -0.4 is 5.32 Å². The summed E-state index contributed by atoms with van der Waals surface area (Å²) in [4.78, 5) is 32.7. The molecule has 0 saturated heterocycles. The van der Waals surface area contributed by atoms with Crippen LogP contribution in [-0.4, -0.2) is 24.0 Å². The fourth-order valence-corrected chi connectivity index (χ4v) is 5.95. The first-order chi connectivity index (χ1) is 19.2. The van der Waals surface area contributed by atoms with Gasteiger partial charge in [-0.15, -0.1) is 11.3 Å². The molecular formula is C34H32N2O3S. The van der Waals surface area contributed by atoms with Crippen molar-refractivity contribution in [3.8, 4) is 22.4 Å². The molecule has 0 spiro atoms. The molecule has 6 heteroatoms. The van der Waals surface area contributed by atoms with E-state index in [9.17, 15) is 9.59 Å². The normalized spacial score (nSPS) is 11.2. The van der Waals surface area contributed by atoms with Gasteiger partial charge in [0.05, 0.1) is 23.9 Å². The number of hydrogen-bond acceptors (Lipinski definition) is 5. The van der Waals surface area contributed by atoms with Gasteiger partial charge in [-0.1, -0.05) is 68.4 Å². The maximum Gasteiger partial charge on any atom is 0.341 e. The molecule has 0 fully saturated rings. The highest BCUT2D eigenvalue weighted by atomic mass is 32.1. The van der Waals surface area contributed by atoms with Crippen LogP contribution in [0.5, 0.6) is 0 Å². The van der Waals surface area contributed by atoms with Crippen molar-refractivity contribution in [2.45, 2.75) is 40.5 Å². The highest BCUT2D eigenvalue weighted by molar-refractivity contribution is 7.17. The van der Waals surface area contributed by atoms with Gasteiger partial charge in [0.15, 0.2) is 0 Å². The second-order valence-corrected chi connectivity index (χ2v) is 11.6. The summed E-state index contributed by atoms with van der Waals surface area (Å²) in [6.45, 7) is 10.4. The second-order valence-electron chi connectivity index (χ2n) is 10.3. The molecule has 0 aliphatic carbocycles. The average Bonchev–Trinajstić information content (AvgIpc) is 3.28. The zero-order valence-electron chi connectivity index (χ0n) is 23.6. The van der Waals surface area contributed by atoms with Crippen molar-refractivity contribution >= 4 is 39.1 Å². The third-order valence-electron chi connectivity index (χ3n) is 7.33. The Balaban J connectivity index is 1.59. The van der Waals surface area contributed by atoms with E-state index in [1.54, 1.807) is 0 Å². The van der Waals surface area contributed by atoms with Crippen LogP contribution >= 0.6 is 11.3 Å². The van der Waals surface area contributed by atoms with Gasteiger partial charge in [-0.3, -0.25) is 4.79 Å². The van der Waals surface area contributed by atoms with E-state index in [1.807, 2.05) is 55.5 Å². The maximum absolute atomic E-state index is 13.9. The number of hydrogen-bond donors (Lipinski definition) is 1. The predicted octanol–water partition coefficient (Wildman–Crippen LogP) is 8.72. The molecule has 0 unspecified atom stereocenters. The van der Waals surface area contributed by atoms with Gasteiger partial charge in [-0.2, -0.15) is 0 Å². The van der Waals surface area contributed by atoms with Crippen LogP contribution in [0.4, 0.5) is 5.00 Å². The van der Waals surface area contributed by atoms with E-state index in [0.717, 1.165) is 38.0 Å². The molecule has 0 radical (unpaired) electrons. The van der Waals surface area contributed by atoms with Crippen LogP contribution in [0.2, 0.25) is 0 Å². The lowest BCUT2D eigenvalue weighted by atomic mass is 9.97. The number of anilines is 1. The molecule has 3 aromatic carbocycles. The molecule has 5 nitrogen and oxygen atoms in total. The average molecular weight is 549 g/mol. The largest absolute Gasteiger partial charge is 0.465 e. The number of fused-ring (bicyclic) bond motifs is 1. The monoisotopic (exact) mass is 548 g/mol. The Labute approximate surface area is 238 Å². The molecule has 1 amide bonds. The summed E-state index contributed by atoms with van der Waals surface area (Å²) in [5.41, 5.74) is 8.49. The maximum atomic E-state index is 13.9. The fraction of sp³-hybridized carbons (Fsp3) is 0.206. The van der Waals surface area contributed by atoms with Crippen molar-refractivity contribution in [1.82, 2.24) is 4.98 Å². The first kappa shape index (κ1) is 27.3. The van der Waals surface area contributed by atoms with Crippen LogP contribution in [0.3, 0.4) is 0 Å². The number of esters is 1. The van der Waals surface area contributed by atoms with Gasteiger partial charge in [-0.25, -0.2) is 9.78 Å². The summed E-state index contributed by atoms with van der Waals surface area (Å²) in [6.07, 6.45) is 0. The number of carbonyl (C=O) groups excluding carboxylic acids is 2. The Morgan fingerprint density at radius 3 is 2.25 bits per heavy atom. The van der Waals surface area contributed by atoms with Crippen molar-refractivity contribution in [2.75, 3.05) is 12.4 Å². The minimum Gasteiger partial charge on any atom is -0.465 e. The fourth-order valence-electron chi connectivity index (χ4n) is 4.89. The third-order valence-corrected chi connectivity index (χ3v) is 8.35. The van der Waals surface area contributed by atoms with Gasteiger partial charge in [-0.05, 0) is 67.1 Å². The lowest BCUT2D eigenvalue weighted by molar-refractivity contribution is 0.0603. The molecule has 0 aliphatic heterocycles. The SMILES string of the molecule is COC(=O)c1c(NC(=O)c2cc(-c3ccc(C)c(C)c3)nc3ccccc23)sc(C)c1-c1ccc(C(C)C)cc1. The van der Waals surface area contributed by atoms with E-state index in [-0.39, 0.29) is 5.91 Å². The number of amides is 1. The van der Waals surface area contributed by atoms with Crippen LogP contribution in [-0.2, 0) is 4.74 Å². The molecule has 202 valence electrons. The number of carbonyl (C=O) groups is 2. The smallest absolute Gasteiger partial charge is 0.341 e. The quantitative estimate of drug-likeness (QED) is 0.216. The topological polar surface area (TPSA) is 68.3 Å². The van der Waals surface area contributed by atoms with E-state index in [0.29, 0.717) is 27.7 Å². The highest BCUT2D eigenvalue weighted by Gasteiger charge is 2.26. The van der Waals surface area contributed by atoms with Gasteiger partial charge in [0.25, 0.3) is 5.91 Å². The van der Waals surface area contributed by atoms with Crippen LogP contribution in [0.25, 0.3) is 33.3 Å². The lowest BCUT2D eigenvalue weighted by Crippen LogP contribution is -2.15. The highest BCUT2D eigenvalue weighted by Crippen LogP contribution is 2.41. The zero-order valence-corrected chi connectivity index (χ0v) is 24.4. The van der Waals surface area contributed by atoms with Crippen molar-refractivity contribution in [3.63, 3.8) is 0 Å². The minimum absolute atomic E-state index is 0.309. The molecule has 40 heavy (non-hydrogen) atoms. The van der Waals surface area contributed by atoms with E-state index >= 15 is 0 Å². The number of para-hydroxylation sites is 1. The molecule has 2 aromatic heterocycles. The van der Waals surface area contributed by atoms with E-state index < -0.39 is 5.97 Å². The lowest BCUT2D eigenvalue weighted by Gasteiger charge is -2.12. The molecule has 0 bridgehead atoms.